The number of aromatic nitrogens is 4. The molecule has 0 spiro atoms. The second-order valence-electron chi connectivity index (χ2n) is 7.50. The SMILES string of the molecule is Cc1ccc([C@@H]2CC(=O)c3nnc4c(-c5ccccc5)c(C)nn4c3C2)cc1. The summed E-state index contributed by atoms with van der Waals surface area (Å²) in [5.41, 5.74) is 7.34. The normalized spacial score (nSPS) is 16.4. The van der Waals surface area contributed by atoms with E-state index < -0.39 is 0 Å². The molecule has 0 unspecified atom stereocenters. The van der Waals surface area contributed by atoms with Gasteiger partial charge in [0.2, 0.25) is 0 Å². The van der Waals surface area contributed by atoms with E-state index >= 15 is 0 Å². The highest BCUT2D eigenvalue weighted by molar-refractivity contribution is 5.97. The van der Waals surface area contributed by atoms with Crippen molar-refractivity contribution in [3.63, 3.8) is 0 Å². The Morgan fingerprint density at radius 2 is 1.68 bits per heavy atom. The summed E-state index contributed by atoms with van der Waals surface area (Å²) in [5.74, 6) is 0.174. The van der Waals surface area contributed by atoms with E-state index in [0.29, 0.717) is 17.8 Å². The van der Waals surface area contributed by atoms with Gasteiger partial charge in [-0.3, -0.25) is 4.79 Å². The Labute approximate surface area is 163 Å². The number of carbonyl (C=O) groups is 1. The zero-order valence-corrected chi connectivity index (χ0v) is 15.9. The lowest BCUT2D eigenvalue weighted by molar-refractivity contribution is 0.0955. The van der Waals surface area contributed by atoms with E-state index in [1.807, 2.05) is 41.8 Å². The van der Waals surface area contributed by atoms with Crippen molar-refractivity contribution >= 4 is 11.4 Å². The maximum absolute atomic E-state index is 12.8. The Morgan fingerprint density at radius 3 is 2.43 bits per heavy atom. The largest absolute Gasteiger partial charge is 0.292 e. The van der Waals surface area contributed by atoms with Gasteiger partial charge >= 0.3 is 0 Å². The van der Waals surface area contributed by atoms with Crippen molar-refractivity contribution in [1.29, 1.82) is 0 Å². The predicted molar refractivity (Wildman–Crippen MR) is 108 cm³/mol. The summed E-state index contributed by atoms with van der Waals surface area (Å²) < 4.78 is 1.83. The van der Waals surface area contributed by atoms with Gasteiger partial charge in [-0.15, -0.1) is 10.2 Å². The fourth-order valence-electron chi connectivity index (χ4n) is 4.09. The van der Waals surface area contributed by atoms with Gasteiger partial charge in [0, 0.05) is 6.42 Å². The van der Waals surface area contributed by atoms with Gasteiger partial charge in [-0.05, 0) is 37.3 Å². The molecule has 0 bridgehead atoms. The summed E-state index contributed by atoms with van der Waals surface area (Å²) in [5, 5.41) is 13.4. The fraction of sp³-hybridized carbons (Fsp3) is 0.217. The molecular weight excluding hydrogens is 348 g/mol. The first-order chi connectivity index (χ1) is 13.6. The Morgan fingerprint density at radius 1 is 0.929 bits per heavy atom. The summed E-state index contributed by atoms with van der Waals surface area (Å²) in [6.45, 7) is 4.05. The zero-order chi connectivity index (χ0) is 19.3. The van der Waals surface area contributed by atoms with Crippen LogP contribution in [0.4, 0.5) is 0 Å². The first-order valence-corrected chi connectivity index (χ1v) is 9.52. The average molecular weight is 368 g/mol. The van der Waals surface area contributed by atoms with Crippen LogP contribution in [-0.4, -0.2) is 25.6 Å². The molecule has 0 fully saturated rings. The molecule has 138 valence electrons. The highest BCUT2D eigenvalue weighted by atomic mass is 16.1. The van der Waals surface area contributed by atoms with Gasteiger partial charge in [-0.25, -0.2) is 4.52 Å². The number of ketones is 1. The molecule has 5 rings (SSSR count). The van der Waals surface area contributed by atoms with E-state index in [9.17, 15) is 4.79 Å². The van der Waals surface area contributed by atoms with Gasteiger partial charge in [0.1, 0.15) is 0 Å². The third kappa shape index (κ3) is 2.62. The summed E-state index contributed by atoms with van der Waals surface area (Å²) >= 11 is 0. The van der Waals surface area contributed by atoms with Crippen molar-refractivity contribution in [3.8, 4) is 11.1 Å². The molecule has 2 aromatic heterocycles. The molecule has 0 saturated heterocycles. The van der Waals surface area contributed by atoms with Crippen LogP contribution < -0.4 is 0 Å². The number of Topliss-reactive ketones (excluding diaryl/α,β-unsaturated/α-hetero) is 1. The van der Waals surface area contributed by atoms with E-state index in [1.165, 1.54) is 11.1 Å². The quantitative estimate of drug-likeness (QED) is 0.529. The van der Waals surface area contributed by atoms with Crippen molar-refractivity contribution in [3.05, 3.63) is 82.8 Å². The summed E-state index contributed by atoms with van der Waals surface area (Å²) in [7, 11) is 0. The molecule has 1 aliphatic carbocycles. The minimum absolute atomic E-state index is 0.0376. The Bertz CT molecular complexity index is 1190. The molecule has 0 N–H and O–H groups in total. The van der Waals surface area contributed by atoms with Crippen LogP contribution in [0.1, 0.15) is 45.3 Å². The molecule has 1 aliphatic rings. The lowest BCUT2D eigenvalue weighted by Crippen LogP contribution is -2.24. The Hall–Kier alpha value is -3.34. The van der Waals surface area contributed by atoms with Crippen LogP contribution in [0.5, 0.6) is 0 Å². The van der Waals surface area contributed by atoms with Crippen LogP contribution in [0.2, 0.25) is 0 Å². The molecular formula is C23H20N4O. The van der Waals surface area contributed by atoms with Crippen molar-refractivity contribution in [2.75, 3.05) is 0 Å². The first kappa shape index (κ1) is 16.8. The molecule has 2 aromatic carbocycles. The van der Waals surface area contributed by atoms with Crippen LogP contribution >= 0.6 is 0 Å². The monoisotopic (exact) mass is 368 g/mol. The number of nitrogens with zero attached hydrogens (tertiary/aromatic N) is 4. The number of rotatable bonds is 2. The van der Waals surface area contributed by atoms with Gasteiger partial charge in [0.15, 0.2) is 17.1 Å². The number of aryl methyl sites for hydroxylation is 2. The topological polar surface area (TPSA) is 60.2 Å². The third-order valence-corrected chi connectivity index (χ3v) is 5.56. The molecule has 5 heteroatoms. The van der Waals surface area contributed by atoms with Crippen LogP contribution in [-0.2, 0) is 6.42 Å². The summed E-state index contributed by atoms with van der Waals surface area (Å²) in [4.78, 5) is 12.8. The van der Waals surface area contributed by atoms with Gasteiger partial charge in [0.25, 0.3) is 0 Å². The van der Waals surface area contributed by atoms with Crippen LogP contribution in [0.3, 0.4) is 0 Å². The van der Waals surface area contributed by atoms with Gasteiger partial charge < -0.3 is 0 Å². The molecule has 0 aliphatic heterocycles. The van der Waals surface area contributed by atoms with E-state index in [2.05, 4.69) is 41.4 Å². The highest BCUT2D eigenvalue weighted by Gasteiger charge is 2.31. The maximum atomic E-state index is 12.8. The van der Waals surface area contributed by atoms with Gasteiger partial charge in [-0.2, -0.15) is 5.10 Å². The second-order valence-corrected chi connectivity index (χ2v) is 7.50. The minimum Gasteiger partial charge on any atom is -0.292 e. The fourth-order valence-corrected chi connectivity index (χ4v) is 4.09. The van der Waals surface area contributed by atoms with Gasteiger partial charge in [-0.1, -0.05) is 60.2 Å². The number of benzene rings is 2. The Kier molecular flexibility index (Phi) is 3.83. The molecule has 4 aromatic rings. The average Bonchev–Trinajstić information content (AvgIpc) is 3.05. The molecule has 2 heterocycles. The standard InChI is InChI=1S/C23H20N4O/c1-14-8-10-16(11-9-14)18-12-19-22(20(28)13-18)24-25-23-21(15(2)26-27(19)23)17-6-4-3-5-7-17/h3-11,18H,12-13H2,1-2H3/t18-/m0/s1. The lowest BCUT2D eigenvalue weighted by Gasteiger charge is -2.23. The Balaban J connectivity index is 1.66. The smallest absolute Gasteiger partial charge is 0.185 e. The number of hydrogen-bond donors (Lipinski definition) is 0. The third-order valence-electron chi connectivity index (χ3n) is 5.56. The molecule has 0 saturated carbocycles. The van der Waals surface area contributed by atoms with Crippen LogP contribution in [0, 0.1) is 13.8 Å². The number of carbonyl (C=O) groups excluding carboxylic acids is 1. The molecule has 5 nitrogen and oxygen atoms in total. The number of hydrogen-bond acceptors (Lipinski definition) is 4. The first-order valence-electron chi connectivity index (χ1n) is 9.52. The van der Waals surface area contributed by atoms with Crippen molar-refractivity contribution in [2.24, 2.45) is 0 Å². The van der Waals surface area contributed by atoms with E-state index in [4.69, 9.17) is 5.10 Å². The predicted octanol–water partition coefficient (Wildman–Crippen LogP) is 4.32. The molecule has 0 radical (unpaired) electrons. The summed E-state index contributed by atoms with van der Waals surface area (Å²) in [6.07, 6.45) is 1.19. The van der Waals surface area contributed by atoms with Gasteiger partial charge in [0.05, 0.1) is 17.0 Å². The van der Waals surface area contributed by atoms with E-state index in [-0.39, 0.29) is 11.7 Å². The van der Waals surface area contributed by atoms with Crippen molar-refractivity contribution in [2.45, 2.75) is 32.6 Å². The van der Waals surface area contributed by atoms with E-state index in [1.54, 1.807) is 0 Å². The van der Waals surface area contributed by atoms with Crippen LogP contribution in [0.15, 0.2) is 54.6 Å². The molecule has 1 atom stereocenters. The van der Waals surface area contributed by atoms with Crippen LogP contribution in [0.25, 0.3) is 16.8 Å². The maximum Gasteiger partial charge on any atom is 0.185 e. The zero-order valence-electron chi connectivity index (χ0n) is 15.9. The lowest BCUT2D eigenvalue weighted by atomic mass is 9.83. The minimum atomic E-state index is 0.0376. The summed E-state index contributed by atoms with van der Waals surface area (Å²) in [6, 6.07) is 18.5. The molecule has 0 amide bonds. The highest BCUT2D eigenvalue weighted by Crippen LogP contribution is 2.34. The van der Waals surface area contributed by atoms with E-state index in [0.717, 1.165) is 28.9 Å². The molecule has 28 heavy (non-hydrogen) atoms. The van der Waals surface area contributed by atoms with Crippen molar-refractivity contribution in [1.82, 2.24) is 19.8 Å². The van der Waals surface area contributed by atoms with Crippen molar-refractivity contribution < 1.29 is 4.79 Å². The second kappa shape index (κ2) is 6.37. The number of fused-ring (bicyclic) bond motifs is 3.